The summed E-state index contributed by atoms with van der Waals surface area (Å²) in [5, 5.41) is 11.8. The molecular weight excluding hydrogens is 402 g/mol. The average Bonchev–Trinajstić information content (AvgIpc) is 2.50. The summed E-state index contributed by atoms with van der Waals surface area (Å²) in [5.74, 6) is 0.416. The van der Waals surface area contributed by atoms with Gasteiger partial charge in [0.15, 0.2) is 5.75 Å². The number of nitro benzene ring substituents is 1. The van der Waals surface area contributed by atoms with Gasteiger partial charge in [0.05, 0.1) is 11.5 Å². The van der Waals surface area contributed by atoms with Crippen molar-refractivity contribution in [1.29, 1.82) is 0 Å². The van der Waals surface area contributed by atoms with E-state index in [1.807, 2.05) is 30.3 Å². The highest BCUT2D eigenvalue weighted by Gasteiger charge is 2.18. The van der Waals surface area contributed by atoms with Crippen molar-refractivity contribution in [2.45, 2.75) is 5.92 Å². The van der Waals surface area contributed by atoms with Gasteiger partial charge in [-0.25, -0.2) is 0 Å². The third-order valence-electron chi connectivity index (χ3n) is 3.01. The van der Waals surface area contributed by atoms with Gasteiger partial charge in [-0.1, -0.05) is 62.2 Å². The van der Waals surface area contributed by atoms with Gasteiger partial charge in [0.2, 0.25) is 0 Å². The van der Waals surface area contributed by atoms with Crippen LogP contribution in [0.15, 0.2) is 53.0 Å². The minimum Gasteiger partial charge on any atom is -0.486 e. The second-order valence-corrected chi connectivity index (χ2v) is 6.01. The van der Waals surface area contributed by atoms with Crippen LogP contribution in [0.25, 0.3) is 0 Å². The molecule has 2 aromatic rings. The van der Waals surface area contributed by atoms with Crippen LogP contribution >= 0.6 is 31.9 Å². The second kappa shape index (κ2) is 7.56. The first kappa shape index (κ1) is 16.0. The third kappa shape index (κ3) is 4.28. The van der Waals surface area contributed by atoms with Gasteiger partial charge in [0.1, 0.15) is 0 Å². The lowest BCUT2D eigenvalue weighted by Crippen LogP contribution is -2.12. The molecule has 0 aliphatic carbocycles. The Morgan fingerprint density at radius 1 is 1.19 bits per heavy atom. The molecule has 0 saturated carbocycles. The molecule has 0 saturated heterocycles. The van der Waals surface area contributed by atoms with E-state index in [9.17, 15) is 10.1 Å². The normalized spacial score (nSPS) is 11.9. The predicted molar refractivity (Wildman–Crippen MR) is 89.3 cm³/mol. The Hall–Kier alpha value is -1.40. The molecule has 0 fully saturated rings. The molecule has 4 nitrogen and oxygen atoms in total. The minimum atomic E-state index is -0.439. The molecule has 6 heteroatoms. The fraction of sp³-hybridized carbons (Fsp3) is 0.200. The number of hydrogen-bond acceptors (Lipinski definition) is 3. The molecule has 0 N–H and O–H groups in total. The van der Waals surface area contributed by atoms with Crippen LogP contribution in [0.2, 0.25) is 0 Å². The highest BCUT2D eigenvalue weighted by Crippen LogP contribution is 2.31. The van der Waals surface area contributed by atoms with Gasteiger partial charge in [-0.2, -0.15) is 0 Å². The van der Waals surface area contributed by atoms with E-state index in [2.05, 4.69) is 31.9 Å². The van der Waals surface area contributed by atoms with Crippen molar-refractivity contribution in [3.8, 4) is 5.75 Å². The van der Waals surface area contributed by atoms with Gasteiger partial charge in [0, 0.05) is 21.8 Å². The lowest BCUT2D eigenvalue weighted by atomic mass is 10.0. The first-order chi connectivity index (χ1) is 10.1. The Labute approximate surface area is 139 Å². The monoisotopic (exact) mass is 413 g/mol. The van der Waals surface area contributed by atoms with Crippen LogP contribution in [-0.2, 0) is 0 Å². The zero-order valence-electron chi connectivity index (χ0n) is 11.0. The summed E-state index contributed by atoms with van der Waals surface area (Å²) in [6.07, 6.45) is 0. The first-order valence-electron chi connectivity index (χ1n) is 6.29. The molecule has 0 aliphatic heterocycles. The van der Waals surface area contributed by atoms with Crippen molar-refractivity contribution >= 4 is 37.5 Å². The van der Waals surface area contributed by atoms with Crippen molar-refractivity contribution in [1.82, 2.24) is 0 Å². The van der Waals surface area contributed by atoms with E-state index < -0.39 is 4.92 Å². The summed E-state index contributed by atoms with van der Waals surface area (Å²) in [7, 11) is 0. The molecule has 2 rings (SSSR count). The lowest BCUT2D eigenvalue weighted by molar-refractivity contribution is -0.386. The fourth-order valence-electron chi connectivity index (χ4n) is 1.90. The fourth-order valence-corrected chi connectivity index (χ4v) is 2.81. The standard InChI is InChI=1S/C15H13Br2NO3/c16-9-12(11-4-2-1-3-5-11)10-21-15-7-6-13(17)8-14(15)18(19)20/h1-8,12H,9-10H2. The quantitative estimate of drug-likeness (QED) is 0.383. The van der Waals surface area contributed by atoms with Crippen LogP contribution in [0.5, 0.6) is 5.75 Å². The SMILES string of the molecule is O=[N+]([O-])c1cc(Br)ccc1OCC(CBr)c1ccccc1. The van der Waals surface area contributed by atoms with E-state index in [0.29, 0.717) is 11.1 Å². The van der Waals surface area contributed by atoms with Crippen LogP contribution < -0.4 is 4.74 Å². The molecule has 0 heterocycles. The predicted octanol–water partition coefficient (Wildman–Crippen LogP) is 4.91. The Balaban J connectivity index is 2.14. The zero-order chi connectivity index (χ0) is 15.2. The van der Waals surface area contributed by atoms with Crippen LogP contribution in [0, 0.1) is 10.1 Å². The smallest absolute Gasteiger partial charge is 0.312 e. The highest BCUT2D eigenvalue weighted by atomic mass is 79.9. The van der Waals surface area contributed by atoms with Gasteiger partial charge in [-0.3, -0.25) is 10.1 Å². The maximum atomic E-state index is 11.1. The molecule has 0 amide bonds. The van der Waals surface area contributed by atoms with Crippen LogP contribution in [0.3, 0.4) is 0 Å². The maximum absolute atomic E-state index is 11.1. The summed E-state index contributed by atoms with van der Waals surface area (Å²) in [5.41, 5.74) is 1.10. The molecule has 0 aromatic heterocycles. The first-order valence-corrected chi connectivity index (χ1v) is 8.21. The van der Waals surface area contributed by atoms with E-state index >= 15 is 0 Å². The number of nitrogens with zero attached hydrogens (tertiary/aromatic N) is 1. The van der Waals surface area contributed by atoms with Gasteiger partial charge < -0.3 is 4.74 Å². The Morgan fingerprint density at radius 2 is 1.90 bits per heavy atom. The highest BCUT2D eigenvalue weighted by molar-refractivity contribution is 9.10. The van der Waals surface area contributed by atoms with Gasteiger partial charge in [0.25, 0.3) is 0 Å². The number of benzene rings is 2. The molecule has 0 bridgehead atoms. The van der Waals surface area contributed by atoms with E-state index in [1.54, 1.807) is 12.1 Å². The van der Waals surface area contributed by atoms with Crippen molar-refractivity contribution in [2.75, 3.05) is 11.9 Å². The van der Waals surface area contributed by atoms with E-state index in [0.717, 1.165) is 10.9 Å². The van der Waals surface area contributed by atoms with E-state index in [-0.39, 0.29) is 17.4 Å². The van der Waals surface area contributed by atoms with Gasteiger partial charge >= 0.3 is 5.69 Å². The molecule has 110 valence electrons. The van der Waals surface area contributed by atoms with Crippen LogP contribution in [0.4, 0.5) is 5.69 Å². The second-order valence-electron chi connectivity index (χ2n) is 4.44. The molecule has 1 atom stereocenters. The summed E-state index contributed by atoms with van der Waals surface area (Å²) in [6.45, 7) is 0.373. The zero-order valence-corrected chi connectivity index (χ0v) is 14.2. The average molecular weight is 415 g/mol. The molecule has 21 heavy (non-hydrogen) atoms. The number of alkyl halides is 1. The number of nitro groups is 1. The van der Waals surface area contributed by atoms with Crippen molar-refractivity contribution in [3.63, 3.8) is 0 Å². The summed E-state index contributed by atoms with van der Waals surface area (Å²) in [4.78, 5) is 10.6. The molecular formula is C15H13Br2NO3. The topological polar surface area (TPSA) is 52.4 Å². The van der Waals surface area contributed by atoms with Crippen LogP contribution in [-0.4, -0.2) is 16.9 Å². The minimum absolute atomic E-state index is 0.0363. The lowest BCUT2D eigenvalue weighted by Gasteiger charge is -2.15. The van der Waals surface area contributed by atoms with Crippen molar-refractivity contribution in [2.24, 2.45) is 0 Å². The summed E-state index contributed by atoms with van der Waals surface area (Å²) >= 11 is 6.69. The van der Waals surface area contributed by atoms with Crippen molar-refractivity contribution < 1.29 is 9.66 Å². The molecule has 1 unspecified atom stereocenters. The number of halogens is 2. The number of rotatable bonds is 6. The Kier molecular flexibility index (Phi) is 5.76. The van der Waals surface area contributed by atoms with Gasteiger partial charge in [-0.15, -0.1) is 0 Å². The third-order valence-corrected chi connectivity index (χ3v) is 4.29. The summed E-state index contributed by atoms with van der Waals surface area (Å²) < 4.78 is 6.32. The maximum Gasteiger partial charge on any atom is 0.312 e. The number of ether oxygens (including phenoxy) is 1. The van der Waals surface area contributed by atoms with Crippen LogP contribution in [0.1, 0.15) is 11.5 Å². The number of hydrogen-bond donors (Lipinski definition) is 0. The van der Waals surface area contributed by atoms with Gasteiger partial charge in [-0.05, 0) is 17.7 Å². The molecule has 0 aliphatic rings. The largest absolute Gasteiger partial charge is 0.486 e. The summed E-state index contributed by atoms with van der Waals surface area (Å²) in [6, 6.07) is 14.7. The Morgan fingerprint density at radius 3 is 2.52 bits per heavy atom. The van der Waals surface area contributed by atoms with E-state index in [4.69, 9.17) is 4.74 Å². The van der Waals surface area contributed by atoms with Crippen molar-refractivity contribution in [3.05, 3.63) is 68.7 Å². The molecule has 2 aromatic carbocycles. The van der Waals surface area contributed by atoms with E-state index in [1.165, 1.54) is 6.07 Å². The Bertz CT molecular complexity index is 620. The molecule has 0 spiro atoms. The molecule has 0 radical (unpaired) electrons.